The zero-order chi connectivity index (χ0) is 39.8. The molecule has 4 aromatic rings. The van der Waals surface area contributed by atoms with Gasteiger partial charge in [0.1, 0.15) is 23.0 Å². The number of nitrogens with zero attached hydrogens (tertiary/aromatic N) is 3. The van der Waals surface area contributed by atoms with Crippen molar-refractivity contribution >= 4 is 0 Å². The second-order valence-corrected chi connectivity index (χ2v) is 17.3. The number of para-hydroxylation sites is 1. The molecule has 0 aliphatic carbocycles. The first kappa shape index (κ1) is 40.0. The first-order valence-electron chi connectivity index (χ1n) is 21.5. The minimum absolute atomic E-state index is 0.199. The largest absolute Gasteiger partial charge is 0.492 e. The minimum atomic E-state index is 0.199. The maximum Gasteiger partial charge on any atom is 0.145 e. The molecular weight excluding hydrogens is 721 g/mol. The molecule has 10 rings (SSSR count). The van der Waals surface area contributed by atoms with Crippen molar-refractivity contribution in [3.8, 4) is 23.0 Å². The third-order valence-electron chi connectivity index (χ3n) is 11.6. The van der Waals surface area contributed by atoms with Crippen molar-refractivity contribution in [2.75, 3.05) is 6.61 Å². The van der Waals surface area contributed by atoms with Crippen LogP contribution in [-0.4, -0.2) is 63.9 Å². The number of hydrogen-bond donors (Lipinski definition) is 3. The molecule has 0 radical (unpaired) electrons. The Hall–Kier alpha value is -4.83. The summed E-state index contributed by atoms with van der Waals surface area (Å²) in [5.74, 6) is 3.95. The maximum absolute atomic E-state index is 5.85. The molecule has 1 aromatic carbocycles. The highest BCUT2D eigenvalue weighted by atomic mass is 16.5. The molecule has 9 heteroatoms. The highest BCUT2D eigenvalue weighted by molar-refractivity contribution is 5.37. The van der Waals surface area contributed by atoms with Crippen molar-refractivity contribution in [1.82, 2.24) is 30.9 Å². The smallest absolute Gasteiger partial charge is 0.145 e. The SMILES string of the molecule is C1=C(Cc2cncc(Oc3ccccc3)c2)C2CCC1N2.CC(C)COc1cncc(CC2=CC3CCC2N3)c1.CC(C)Oc1cncc(CC2=CC3CCC2N3)c1. The summed E-state index contributed by atoms with van der Waals surface area (Å²) in [6, 6.07) is 19.8. The second kappa shape index (κ2) is 18.8. The van der Waals surface area contributed by atoms with Gasteiger partial charge >= 0.3 is 0 Å². The molecule has 58 heavy (non-hydrogen) atoms. The average molecular weight is 781 g/mol. The lowest BCUT2D eigenvalue weighted by molar-refractivity contribution is 0.241. The quantitative estimate of drug-likeness (QED) is 0.115. The zero-order valence-corrected chi connectivity index (χ0v) is 34.6. The van der Waals surface area contributed by atoms with Crippen LogP contribution in [0.15, 0.2) is 121 Å². The van der Waals surface area contributed by atoms with Gasteiger partial charge in [-0.1, -0.05) is 67.0 Å². The Morgan fingerprint density at radius 3 is 1.41 bits per heavy atom. The van der Waals surface area contributed by atoms with Gasteiger partial charge in [0.05, 0.1) is 31.3 Å². The molecule has 6 bridgehead atoms. The maximum atomic E-state index is 5.85. The molecule has 0 spiro atoms. The highest BCUT2D eigenvalue weighted by Gasteiger charge is 2.33. The first-order chi connectivity index (χ1) is 28.3. The summed E-state index contributed by atoms with van der Waals surface area (Å²) in [7, 11) is 0. The van der Waals surface area contributed by atoms with Crippen LogP contribution >= 0.6 is 0 Å². The summed E-state index contributed by atoms with van der Waals surface area (Å²) >= 11 is 0. The van der Waals surface area contributed by atoms with Gasteiger partial charge in [-0.15, -0.1) is 0 Å². The standard InChI is InChI=1S/C18H18N2O.C16H22N2O.C15H20N2O/c1-2-4-16(5-3-1)21-17-9-13(11-19-12-17)8-14-10-15-6-7-18(14)20-15;1-11(2)10-19-15-6-12(8-17-9-15)5-13-7-14-3-4-16(13)18-14;1-10(2)18-14-6-11(8-16-9-14)5-12-7-13-3-4-15(12)17-13/h1-5,9-12,15,18,20H,6-8H2;6-9,11,14,16,18H,3-5,10H2,1-2H3;6-10,13,15,17H,3-5H2,1-2H3. The van der Waals surface area contributed by atoms with Crippen molar-refractivity contribution in [2.45, 2.75) is 128 Å². The molecule has 3 aromatic heterocycles. The molecule has 3 saturated heterocycles. The Kier molecular flexibility index (Phi) is 13.0. The summed E-state index contributed by atoms with van der Waals surface area (Å²) in [6.45, 7) is 9.14. The monoisotopic (exact) mass is 780 g/mol. The fraction of sp³-hybridized carbons (Fsp3) is 0.449. The van der Waals surface area contributed by atoms with Crippen LogP contribution in [0.3, 0.4) is 0 Å². The summed E-state index contributed by atoms with van der Waals surface area (Å²) in [5, 5.41) is 10.8. The average Bonchev–Trinajstić information content (AvgIpc) is 4.09. The summed E-state index contributed by atoms with van der Waals surface area (Å²) < 4.78 is 17.3. The number of pyridine rings is 3. The molecule has 3 fully saturated rings. The number of ether oxygens (including phenoxy) is 3. The van der Waals surface area contributed by atoms with E-state index in [0.29, 0.717) is 42.2 Å². The van der Waals surface area contributed by atoms with Crippen molar-refractivity contribution in [3.63, 3.8) is 0 Å². The van der Waals surface area contributed by atoms with Crippen LogP contribution in [0.4, 0.5) is 0 Å². The number of fused-ring (bicyclic) bond motifs is 6. The van der Waals surface area contributed by atoms with Gasteiger partial charge in [-0.25, -0.2) is 0 Å². The van der Waals surface area contributed by atoms with Crippen molar-refractivity contribution < 1.29 is 14.2 Å². The minimum Gasteiger partial charge on any atom is -0.492 e. The van der Waals surface area contributed by atoms with Crippen LogP contribution in [-0.2, 0) is 19.3 Å². The first-order valence-corrected chi connectivity index (χ1v) is 21.5. The van der Waals surface area contributed by atoms with Gasteiger partial charge in [0.25, 0.3) is 0 Å². The highest BCUT2D eigenvalue weighted by Crippen LogP contribution is 2.33. The van der Waals surface area contributed by atoms with E-state index in [2.05, 4.69) is 81.2 Å². The van der Waals surface area contributed by atoms with Crippen LogP contribution in [0, 0.1) is 5.92 Å². The van der Waals surface area contributed by atoms with Crippen LogP contribution < -0.4 is 30.2 Å². The fourth-order valence-electron chi connectivity index (χ4n) is 9.00. The lowest BCUT2D eigenvalue weighted by atomic mass is 9.94. The Labute approximate surface area is 344 Å². The normalized spacial score (nSPS) is 24.5. The predicted octanol–water partition coefficient (Wildman–Crippen LogP) is 8.67. The van der Waals surface area contributed by atoms with E-state index in [1.54, 1.807) is 18.6 Å². The van der Waals surface area contributed by atoms with Gasteiger partial charge in [0, 0.05) is 54.8 Å². The molecule has 6 atom stereocenters. The van der Waals surface area contributed by atoms with Gasteiger partial charge in [0.15, 0.2) is 0 Å². The molecule has 0 saturated carbocycles. The van der Waals surface area contributed by atoms with Crippen molar-refractivity contribution in [3.05, 3.63) is 137 Å². The number of rotatable bonds is 13. The molecule has 6 aliphatic heterocycles. The van der Waals surface area contributed by atoms with E-state index in [1.165, 1.54) is 71.9 Å². The molecule has 3 N–H and O–H groups in total. The lowest BCUT2D eigenvalue weighted by Gasteiger charge is -2.14. The van der Waals surface area contributed by atoms with Crippen LogP contribution in [0.2, 0.25) is 0 Å². The fourth-order valence-corrected chi connectivity index (χ4v) is 9.00. The number of benzene rings is 1. The van der Waals surface area contributed by atoms with E-state index in [0.717, 1.165) is 48.9 Å². The van der Waals surface area contributed by atoms with E-state index in [1.807, 2.05) is 62.8 Å². The van der Waals surface area contributed by atoms with Gasteiger partial charge in [-0.3, -0.25) is 15.0 Å². The van der Waals surface area contributed by atoms with Crippen LogP contribution in [0.25, 0.3) is 0 Å². The van der Waals surface area contributed by atoms with E-state index in [9.17, 15) is 0 Å². The van der Waals surface area contributed by atoms with Gasteiger partial charge < -0.3 is 30.2 Å². The van der Waals surface area contributed by atoms with E-state index >= 15 is 0 Å². The second-order valence-electron chi connectivity index (χ2n) is 17.3. The summed E-state index contributed by atoms with van der Waals surface area (Å²) in [6.07, 6.45) is 29.2. The predicted molar refractivity (Wildman–Crippen MR) is 231 cm³/mol. The molecule has 0 amide bonds. The molecule has 6 unspecified atom stereocenters. The Morgan fingerprint density at radius 2 is 0.983 bits per heavy atom. The van der Waals surface area contributed by atoms with E-state index in [4.69, 9.17) is 14.2 Å². The van der Waals surface area contributed by atoms with Crippen molar-refractivity contribution in [1.29, 1.82) is 0 Å². The van der Waals surface area contributed by atoms with E-state index < -0.39 is 0 Å². The number of hydrogen-bond acceptors (Lipinski definition) is 9. The number of nitrogens with one attached hydrogen (secondary N) is 3. The van der Waals surface area contributed by atoms with Gasteiger partial charge in [0.2, 0.25) is 0 Å². The molecule has 9 heterocycles. The topological polar surface area (TPSA) is 102 Å². The zero-order valence-electron chi connectivity index (χ0n) is 34.6. The Bertz CT molecular complexity index is 2080. The molecular formula is C49H60N6O3. The molecule has 9 nitrogen and oxygen atoms in total. The van der Waals surface area contributed by atoms with Crippen molar-refractivity contribution in [2.24, 2.45) is 5.92 Å². The third-order valence-corrected chi connectivity index (χ3v) is 11.6. The Morgan fingerprint density at radius 1 is 0.534 bits per heavy atom. The lowest BCUT2D eigenvalue weighted by Crippen LogP contribution is -2.22. The van der Waals surface area contributed by atoms with Crippen LogP contribution in [0.5, 0.6) is 23.0 Å². The van der Waals surface area contributed by atoms with Gasteiger partial charge in [-0.05, 0) is 125 Å². The van der Waals surface area contributed by atoms with Crippen LogP contribution in [0.1, 0.15) is 82.9 Å². The summed E-state index contributed by atoms with van der Waals surface area (Å²) in [4.78, 5) is 12.9. The third kappa shape index (κ3) is 10.8. The molecule has 304 valence electrons. The molecule has 6 aliphatic rings. The van der Waals surface area contributed by atoms with E-state index in [-0.39, 0.29) is 6.10 Å². The number of aromatic nitrogens is 3. The summed E-state index contributed by atoms with van der Waals surface area (Å²) in [5.41, 5.74) is 8.26. The Balaban J connectivity index is 0.000000122. The van der Waals surface area contributed by atoms with Gasteiger partial charge in [-0.2, -0.15) is 0 Å².